The average molecular weight is 132 g/mol. The summed E-state index contributed by atoms with van der Waals surface area (Å²) in [6.45, 7) is 5.64. The van der Waals surface area contributed by atoms with E-state index in [1.165, 1.54) is 0 Å². The number of rotatable bonds is 3. The van der Waals surface area contributed by atoms with Crippen LogP contribution in [-0.4, -0.2) is 22.4 Å². The van der Waals surface area contributed by atoms with Gasteiger partial charge in [0.05, 0.1) is 12.2 Å². The molecule has 0 unspecified atom stereocenters. The van der Waals surface area contributed by atoms with E-state index < -0.39 is 12.2 Å². The van der Waals surface area contributed by atoms with E-state index in [9.17, 15) is 0 Å². The number of hydrogen-bond donors (Lipinski definition) is 2. The molecule has 0 saturated carbocycles. The molecule has 9 heavy (non-hydrogen) atoms. The Bertz CT molecular complexity index is 69.3. The van der Waals surface area contributed by atoms with Crippen LogP contribution in [0.4, 0.5) is 0 Å². The van der Waals surface area contributed by atoms with Crippen molar-refractivity contribution in [1.82, 2.24) is 0 Å². The second-order valence-corrected chi connectivity index (χ2v) is 2.94. The first-order valence-corrected chi connectivity index (χ1v) is 3.40. The minimum atomic E-state index is -0.590. The van der Waals surface area contributed by atoms with E-state index in [1.54, 1.807) is 6.92 Å². The van der Waals surface area contributed by atoms with Crippen LogP contribution in [-0.2, 0) is 0 Å². The number of hydrogen-bond acceptors (Lipinski definition) is 2. The van der Waals surface area contributed by atoms with Crippen LogP contribution in [0.1, 0.15) is 27.2 Å². The lowest BCUT2D eigenvalue weighted by Gasteiger charge is -2.14. The Morgan fingerprint density at radius 3 is 1.67 bits per heavy atom. The fourth-order valence-electron chi connectivity index (χ4n) is 0.680. The molecule has 0 amide bonds. The summed E-state index contributed by atoms with van der Waals surface area (Å²) >= 11 is 0. The molecular weight excluding hydrogens is 116 g/mol. The van der Waals surface area contributed by atoms with Crippen molar-refractivity contribution in [3.05, 3.63) is 0 Å². The lowest BCUT2D eigenvalue weighted by atomic mass is 10.0. The number of aliphatic hydroxyl groups excluding tert-OH is 2. The van der Waals surface area contributed by atoms with Gasteiger partial charge in [-0.1, -0.05) is 13.8 Å². The molecular formula is C7H16O2. The van der Waals surface area contributed by atoms with Gasteiger partial charge in [0, 0.05) is 0 Å². The van der Waals surface area contributed by atoms with Crippen molar-refractivity contribution >= 4 is 0 Å². The molecule has 2 nitrogen and oxygen atoms in total. The third-order valence-electron chi connectivity index (χ3n) is 1.27. The summed E-state index contributed by atoms with van der Waals surface area (Å²) in [5.41, 5.74) is 0. The topological polar surface area (TPSA) is 40.5 Å². The van der Waals surface area contributed by atoms with Crippen LogP contribution >= 0.6 is 0 Å². The predicted molar refractivity (Wildman–Crippen MR) is 37.1 cm³/mol. The second-order valence-electron chi connectivity index (χ2n) is 2.94. The van der Waals surface area contributed by atoms with Crippen LogP contribution in [0.25, 0.3) is 0 Å². The zero-order valence-corrected chi connectivity index (χ0v) is 6.33. The van der Waals surface area contributed by atoms with Crippen molar-refractivity contribution in [3.8, 4) is 0 Å². The van der Waals surface area contributed by atoms with E-state index >= 15 is 0 Å². The predicted octanol–water partition coefficient (Wildman–Crippen LogP) is 0.774. The molecule has 2 N–H and O–H groups in total. The molecule has 0 heterocycles. The Kier molecular flexibility index (Phi) is 3.82. The summed E-state index contributed by atoms with van der Waals surface area (Å²) in [6, 6.07) is 0. The SMILES string of the molecule is CC(C)C[C@H](O)[C@@H](C)O. The van der Waals surface area contributed by atoms with Crippen molar-refractivity contribution in [3.63, 3.8) is 0 Å². The Balaban J connectivity index is 3.38. The average Bonchev–Trinajstić information content (AvgIpc) is 1.63. The lowest BCUT2D eigenvalue weighted by molar-refractivity contribution is 0.0188. The van der Waals surface area contributed by atoms with Crippen molar-refractivity contribution in [2.75, 3.05) is 0 Å². The van der Waals surface area contributed by atoms with Gasteiger partial charge in [-0.3, -0.25) is 0 Å². The van der Waals surface area contributed by atoms with Gasteiger partial charge in [0.2, 0.25) is 0 Å². The van der Waals surface area contributed by atoms with Gasteiger partial charge in [0.15, 0.2) is 0 Å². The van der Waals surface area contributed by atoms with Gasteiger partial charge in [-0.2, -0.15) is 0 Å². The molecule has 0 spiro atoms. The van der Waals surface area contributed by atoms with Crippen LogP contribution in [0.5, 0.6) is 0 Å². The van der Waals surface area contributed by atoms with Crippen LogP contribution in [0.3, 0.4) is 0 Å². The lowest BCUT2D eigenvalue weighted by Crippen LogP contribution is -2.23. The van der Waals surface area contributed by atoms with E-state index in [-0.39, 0.29) is 0 Å². The molecule has 0 aromatic heterocycles. The first-order chi connectivity index (χ1) is 4.04. The first-order valence-electron chi connectivity index (χ1n) is 3.40. The van der Waals surface area contributed by atoms with Gasteiger partial charge < -0.3 is 10.2 Å². The van der Waals surface area contributed by atoms with Crippen molar-refractivity contribution in [1.29, 1.82) is 0 Å². The molecule has 2 atom stereocenters. The smallest absolute Gasteiger partial charge is 0.0798 e. The quantitative estimate of drug-likeness (QED) is 0.595. The standard InChI is InChI=1S/C7H16O2/c1-5(2)4-7(9)6(3)8/h5-9H,4H2,1-3H3/t6-,7+/m1/s1. The van der Waals surface area contributed by atoms with Crippen molar-refractivity contribution in [2.45, 2.75) is 39.4 Å². The summed E-state index contributed by atoms with van der Waals surface area (Å²) in [4.78, 5) is 0. The molecule has 2 heteroatoms. The maximum Gasteiger partial charge on any atom is 0.0798 e. The summed E-state index contributed by atoms with van der Waals surface area (Å²) in [7, 11) is 0. The molecule has 0 saturated heterocycles. The van der Waals surface area contributed by atoms with E-state index in [4.69, 9.17) is 10.2 Å². The van der Waals surface area contributed by atoms with Gasteiger partial charge in [-0.05, 0) is 19.3 Å². The van der Waals surface area contributed by atoms with E-state index in [0.717, 1.165) is 0 Å². The molecule has 0 bridgehead atoms. The molecule has 0 aliphatic heterocycles. The van der Waals surface area contributed by atoms with Crippen LogP contribution in [0.2, 0.25) is 0 Å². The Hall–Kier alpha value is -0.0800. The highest BCUT2D eigenvalue weighted by molar-refractivity contribution is 4.63. The summed E-state index contributed by atoms with van der Waals surface area (Å²) in [6.07, 6.45) is -0.463. The van der Waals surface area contributed by atoms with Gasteiger partial charge >= 0.3 is 0 Å². The van der Waals surface area contributed by atoms with E-state index in [2.05, 4.69) is 0 Å². The third-order valence-corrected chi connectivity index (χ3v) is 1.27. The monoisotopic (exact) mass is 132 g/mol. The first kappa shape index (κ1) is 8.92. The molecule has 0 radical (unpaired) electrons. The van der Waals surface area contributed by atoms with Gasteiger partial charge in [0.1, 0.15) is 0 Å². The molecule has 56 valence electrons. The fourth-order valence-corrected chi connectivity index (χ4v) is 0.680. The minimum absolute atomic E-state index is 0.453. The van der Waals surface area contributed by atoms with Gasteiger partial charge in [-0.15, -0.1) is 0 Å². The van der Waals surface area contributed by atoms with Crippen molar-refractivity contribution in [2.24, 2.45) is 5.92 Å². The fraction of sp³-hybridized carbons (Fsp3) is 1.00. The van der Waals surface area contributed by atoms with Crippen molar-refractivity contribution < 1.29 is 10.2 Å². The second kappa shape index (κ2) is 3.85. The highest BCUT2D eigenvalue weighted by Crippen LogP contribution is 2.06. The molecule has 0 rings (SSSR count). The largest absolute Gasteiger partial charge is 0.391 e. The molecule has 0 aliphatic carbocycles. The number of aliphatic hydroxyl groups is 2. The maximum absolute atomic E-state index is 9.05. The maximum atomic E-state index is 9.05. The summed E-state index contributed by atoms with van der Waals surface area (Å²) in [5, 5.41) is 17.9. The van der Waals surface area contributed by atoms with E-state index in [0.29, 0.717) is 12.3 Å². The molecule has 0 aromatic rings. The Morgan fingerprint density at radius 1 is 1.11 bits per heavy atom. The molecule has 0 aliphatic rings. The highest BCUT2D eigenvalue weighted by atomic mass is 16.3. The normalized spacial score (nSPS) is 18.0. The summed E-state index contributed by atoms with van der Waals surface area (Å²) < 4.78 is 0. The minimum Gasteiger partial charge on any atom is -0.391 e. The van der Waals surface area contributed by atoms with Gasteiger partial charge in [0.25, 0.3) is 0 Å². The molecule has 0 aromatic carbocycles. The summed E-state index contributed by atoms with van der Waals surface area (Å²) in [5.74, 6) is 0.453. The molecule has 0 fully saturated rings. The third kappa shape index (κ3) is 4.43. The Morgan fingerprint density at radius 2 is 1.56 bits per heavy atom. The van der Waals surface area contributed by atoms with Crippen LogP contribution in [0, 0.1) is 5.92 Å². The zero-order valence-electron chi connectivity index (χ0n) is 6.33. The Labute approximate surface area is 56.5 Å². The van der Waals surface area contributed by atoms with E-state index in [1.807, 2.05) is 13.8 Å². The zero-order chi connectivity index (χ0) is 7.44. The highest BCUT2D eigenvalue weighted by Gasteiger charge is 2.11. The van der Waals surface area contributed by atoms with Gasteiger partial charge in [-0.25, -0.2) is 0 Å². The van der Waals surface area contributed by atoms with Crippen LogP contribution in [0.15, 0.2) is 0 Å². The van der Waals surface area contributed by atoms with Crippen LogP contribution < -0.4 is 0 Å².